The van der Waals surface area contributed by atoms with Crippen LogP contribution >= 0.6 is 11.6 Å². The Balaban J connectivity index is 2.06. The number of hydrogen-bond donors (Lipinski definition) is 1. The van der Waals surface area contributed by atoms with Gasteiger partial charge in [0.05, 0.1) is 6.42 Å². The van der Waals surface area contributed by atoms with Crippen molar-refractivity contribution in [3.63, 3.8) is 0 Å². The summed E-state index contributed by atoms with van der Waals surface area (Å²) in [4.78, 5) is 33.2. The van der Waals surface area contributed by atoms with E-state index in [0.29, 0.717) is 21.6 Å². The van der Waals surface area contributed by atoms with Gasteiger partial charge in [-0.3, -0.25) is 15.0 Å². The third kappa shape index (κ3) is 4.26. The SMILES string of the molecule is [2H]C([2H])([2H])N(C(=O)C1CC(=O)NN1c1nc(C)cc(C(F)(F)F)n1)c1ccc(Cl)c(C)c1. The van der Waals surface area contributed by atoms with Gasteiger partial charge in [-0.1, -0.05) is 11.6 Å². The molecule has 11 heteroatoms. The fourth-order valence-corrected chi connectivity index (χ4v) is 2.88. The number of halogens is 4. The van der Waals surface area contributed by atoms with Gasteiger partial charge in [0.25, 0.3) is 5.91 Å². The van der Waals surface area contributed by atoms with E-state index in [1.54, 1.807) is 6.92 Å². The Hall–Kier alpha value is -2.88. The number of amides is 2. The Morgan fingerprint density at radius 3 is 2.69 bits per heavy atom. The van der Waals surface area contributed by atoms with Gasteiger partial charge in [-0.05, 0) is 43.7 Å². The minimum Gasteiger partial charge on any atom is -0.314 e. The molecule has 3 rings (SSSR count). The first-order valence-corrected chi connectivity index (χ1v) is 8.68. The highest BCUT2D eigenvalue weighted by Gasteiger charge is 2.41. The third-order valence-electron chi connectivity index (χ3n) is 4.19. The van der Waals surface area contributed by atoms with Crippen LogP contribution in [0.15, 0.2) is 24.3 Å². The molecule has 154 valence electrons. The number of nitrogens with one attached hydrogen (secondary N) is 1. The second-order valence-electron chi connectivity index (χ2n) is 6.42. The first kappa shape index (κ1) is 17.0. The fraction of sp³-hybridized carbons (Fsp3) is 0.333. The summed E-state index contributed by atoms with van der Waals surface area (Å²) in [5.74, 6) is -2.34. The molecule has 0 radical (unpaired) electrons. The molecule has 0 saturated carbocycles. The van der Waals surface area contributed by atoms with Crippen LogP contribution in [0.3, 0.4) is 0 Å². The Kier molecular flexibility index (Phi) is 4.41. The number of nitrogens with zero attached hydrogens (tertiary/aromatic N) is 4. The maximum absolute atomic E-state index is 13.3. The van der Waals surface area contributed by atoms with Gasteiger partial charge in [0.2, 0.25) is 11.9 Å². The number of aryl methyl sites for hydroxylation is 2. The molecule has 1 unspecified atom stereocenters. The van der Waals surface area contributed by atoms with Crippen molar-refractivity contribution < 1.29 is 26.9 Å². The van der Waals surface area contributed by atoms with E-state index in [-0.39, 0.29) is 11.4 Å². The van der Waals surface area contributed by atoms with Crippen LogP contribution in [-0.4, -0.2) is 34.8 Å². The average molecular weight is 431 g/mol. The Labute approximate surface area is 173 Å². The van der Waals surface area contributed by atoms with Crippen LogP contribution in [0.25, 0.3) is 0 Å². The molecular formula is C18H17ClF3N5O2. The topological polar surface area (TPSA) is 78.4 Å². The van der Waals surface area contributed by atoms with Crippen molar-refractivity contribution in [3.8, 4) is 0 Å². The Morgan fingerprint density at radius 2 is 2.07 bits per heavy atom. The minimum absolute atomic E-state index is 0.0164. The zero-order valence-corrected chi connectivity index (χ0v) is 16.0. The highest BCUT2D eigenvalue weighted by atomic mass is 35.5. The third-order valence-corrected chi connectivity index (χ3v) is 4.61. The molecule has 2 amide bonds. The lowest BCUT2D eigenvalue weighted by molar-refractivity contribution is -0.141. The summed E-state index contributed by atoms with van der Waals surface area (Å²) in [5, 5.41) is 1.10. The van der Waals surface area contributed by atoms with Crippen molar-refractivity contribution in [2.45, 2.75) is 32.5 Å². The van der Waals surface area contributed by atoms with Gasteiger partial charge in [-0.25, -0.2) is 15.0 Å². The fourth-order valence-electron chi connectivity index (χ4n) is 2.76. The predicted molar refractivity (Wildman–Crippen MR) is 100 cm³/mol. The first-order chi connectivity index (χ1) is 14.7. The summed E-state index contributed by atoms with van der Waals surface area (Å²) in [7, 11) is 0. The molecule has 2 heterocycles. The van der Waals surface area contributed by atoms with E-state index in [2.05, 4.69) is 15.4 Å². The number of rotatable bonds is 3. The number of anilines is 2. The molecule has 29 heavy (non-hydrogen) atoms. The maximum Gasteiger partial charge on any atom is 0.433 e. The maximum atomic E-state index is 13.3. The number of aromatic nitrogens is 2. The monoisotopic (exact) mass is 430 g/mol. The molecule has 1 saturated heterocycles. The van der Waals surface area contributed by atoms with Crippen molar-refractivity contribution in [1.29, 1.82) is 0 Å². The largest absolute Gasteiger partial charge is 0.433 e. The van der Waals surface area contributed by atoms with Crippen molar-refractivity contribution in [3.05, 3.63) is 46.2 Å². The molecule has 7 nitrogen and oxygen atoms in total. The van der Waals surface area contributed by atoms with Gasteiger partial charge < -0.3 is 4.90 Å². The molecular weight excluding hydrogens is 411 g/mol. The van der Waals surface area contributed by atoms with E-state index in [9.17, 15) is 22.8 Å². The van der Waals surface area contributed by atoms with Crippen LogP contribution < -0.4 is 15.3 Å². The molecule has 0 spiro atoms. The highest BCUT2D eigenvalue weighted by Crippen LogP contribution is 2.30. The lowest BCUT2D eigenvalue weighted by Crippen LogP contribution is -2.48. The van der Waals surface area contributed by atoms with Gasteiger partial charge >= 0.3 is 6.18 Å². The van der Waals surface area contributed by atoms with Crippen molar-refractivity contribution in [1.82, 2.24) is 15.4 Å². The molecule has 1 aliphatic rings. The first-order valence-electron chi connectivity index (χ1n) is 9.80. The smallest absolute Gasteiger partial charge is 0.314 e. The lowest BCUT2D eigenvalue weighted by atomic mass is 10.1. The number of carbonyl (C=O) groups is 2. The Morgan fingerprint density at radius 1 is 1.34 bits per heavy atom. The Bertz CT molecular complexity index is 1080. The number of hydrazine groups is 1. The van der Waals surface area contributed by atoms with Gasteiger partial charge in [-0.2, -0.15) is 13.2 Å². The second kappa shape index (κ2) is 7.51. The number of likely N-dealkylation sites (N-methyl/N-ethyl adjacent to an activating group) is 1. The number of benzene rings is 1. The summed E-state index contributed by atoms with van der Waals surface area (Å²) in [6, 6.07) is 3.32. The van der Waals surface area contributed by atoms with Crippen LogP contribution in [0, 0.1) is 13.8 Å². The number of alkyl halides is 3. The van der Waals surface area contributed by atoms with E-state index < -0.39 is 49.1 Å². The summed E-state index contributed by atoms with van der Waals surface area (Å²) in [6.07, 6.45) is -5.30. The van der Waals surface area contributed by atoms with Gasteiger partial charge in [0.15, 0.2) is 0 Å². The standard InChI is InChI=1S/C18H17ClF3N5O2/c1-9-6-11(4-5-12(9)19)26(3)16(29)13-8-15(28)25-27(13)17-23-10(2)7-14(24-17)18(20,21)22/h4-7,13H,8H2,1-3H3,(H,25,28)/i3D3. The molecule has 1 atom stereocenters. The highest BCUT2D eigenvalue weighted by molar-refractivity contribution is 6.31. The van der Waals surface area contributed by atoms with E-state index in [1.807, 2.05) is 0 Å². The molecule has 1 N–H and O–H groups in total. The molecule has 2 aromatic rings. The summed E-state index contributed by atoms with van der Waals surface area (Å²) < 4.78 is 63.0. The number of carbonyl (C=O) groups excluding carboxylic acids is 2. The summed E-state index contributed by atoms with van der Waals surface area (Å²) in [6.45, 7) is -0.0557. The van der Waals surface area contributed by atoms with Crippen LogP contribution in [0.2, 0.25) is 5.02 Å². The quantitative estimate of drug-likeness (QED) is 0.809. The number of hydrogen-bond acceptors (Lipinski definition) is 5. The van der Waals surface area contributed by atoms with E-state index in [0.717, 1.165) is 5.01 Å². The average Bonchev–Trinajstić information content (AvgIpc) is 3.04. The van der Waals surface area contributed by atoms with Crippen LogP contribution in [0.5, 0.6) is 0 Å². The van der Waals surface area contributed by atoms with Gasteiger partial charge in [0, 0.05) is 27.5 Å². The van der Waals surface area contributed by atoms with Gasteiger partial charge in [0.1, 0.15) is 11.7 Å². The van der Waals surface area contributed by atoms with E-state index in [4.69, 9.17) is 15.7 Å². The molecule has 0 bridgehead atoms. The molecule has 1 aromatic heterocycles. The predicted octanol–water partition coefficient (Wildman–Crippen LogP) is 3.04. The summed E-state index contributed by atoms with van der Waals surface area (Å²) >= 11 is 5.98. The second-order valence-corrected chi connectivity index (χ2v) is 6.83. The van der Waals surface area contributed by atoms with E-state index in [1.165, 1.54) is 25.1 Å². The molecule has 1 aromatic carbocycles. The van der Waals surface area contributed by atoms with Gasteiger partial charge in [-0.15, -0.1) is 0 Å². The summed E-state index contributed by atoms with van der Waals surface area (Å²) in [5.41, 5.74) is 1.39. The normalized spacial score (nSPS) is 18.7. The van der Waals surface area contributed by atoms with E-state index >= 15 is 0 Å². The van der Waals surface area contributed by atoms with Crippen LogP contribution in [0.4, 0.5) is 24.8 Å². The zero-order chi connectivity index (χ0) is 24.0. The van der Waals surface area contributed by atoms with Crippen molar-refractivity contribution >= 4 is 35.1 Å². The molecule has 1 fully saturated rings. The lowest BCUT2D eigenvalue weighted by Gasteiger charge is -2.27. The van der Waals surface area contributed by atoms with Crippen LogP contribution in [0.1, 0.15) is 27.5 Å². The molecule has 0 aliphatic carbocycles. The van der Waals surface area contributed by atoms with Crippen LogP contribution in [-0.2, 0) is 15.8 Å². The zero-order valence-electron chi connectivity index (χ0n) is 18.2. The van der Waals surface area contributed by atoms with Crippen molar-refractivity contribution in [2.75, 3.05) is 16.9 Å². The molecule has 1 aliphatic heterocycles. The minimum atomic E-state index is -4.79. The van der Waals surface area contributed by atoms with Crippen molar-refractivity contribution in [2.24, 2.45) is 0 Å².